The SMILES string of the molecule is CC(C)N(C)c1ccc(S(=O)(=O)N(C)C)cc1C(=O)O. The lowest BCUT2D eigenvalue weighted by Gasteiger charge is -2.25. The molecule has 7 heteroatoms. The van der Waals surface area contributed by atoms with E-state index in [1.807, 2.05) is 13.8 Å². The van der Waals surface area contributed by atoms with Gasteiger partial charge in [0, 0.05) is 27.2 Å². The molecule has 0 atom stereocenters. The Morgan fingerprint density at radius 1 is 1.20 bits per heavy atom. The fraction of sp³-hybridized carbons (Fsp3) is 0.462. The van der Waals surface area contributed by atoms with Gasteiger partial charge in [-0.2, -0.15) is 0 Å². The quantitative estimate of drug-likeness (QED) is 0.891. The van der Waals surface area contributed by atoms with Gasteiger partial charge in [-0.05, 0) is 32.0 Å². The molecule has 1 rings (SSSR count). The maximum atomic E-state index is 12.0. The lowest BCUT2D eigenvalue weighted by Crippen LogP contribution is -2.28. The minimum absolute atomic E-state index is 0.0240. The zero-order valence-electron chi connectivity index (χ0n) is 12.3. The summed E-state index contributed by atoms with van der Waals surface area (Å²) in [4.78, 5) is 13.1. The molecule has 0 unspecified atom stereocenters. The number of carboxylic acids is 1. The fourth-order valence-corrected chi connectivity index (χ4v) is 2.57. The van der Waals surface area contributed by atoms with Crippen molar-refractivity contribution in [2.24, 2.45) is 0 Å². The van der Waals surface area contributed by atoms with Gasteiger partial charge >= 0.3 is 5.97 Å². The van der Waals surface area contributed by atoms with E-state index in [2.05, 4.69) is 0 Å². The van der Waals surface area contributed by atoms with Crippen LogP contribution in [0.25, 0.3) is 0 Å². The molecule has 0 heterocycles. The summed E-state index contributed by atoms with van der Waals surface area (Å²) in [5, 5.41) is 9.29. The van der Waals surface area contributed by atoms with Crippen LogP contribution in [-0.2, 0) is 10.0 Å². The van der Waals surface area contributed by atoms with E-state index in [1.54, 1.807) is 11.9 Å². The molecule has 0 amide bonds. The van der Waals surface area contributed by atoms with Crippen molar-refractivity contribution < 1.29 is 18.3 Å². The van der Waals surface area contributed by atoms with Crippen molar-refractivity contribution in [2.75, 3.05) is 26.0 Å². The number of hydrogen-bond donors (Lipinski definition) is 1. The molecule has 0 fully saturated rings. The molecular weight excluding hydrogens is 280 g/mol. The standard InChI is InChI=1S/C13H20N2O4S/c1-9(2)15(5)12-7-6-10(8-11(12)13(16)17)20(18,19)14(3)4/h6-9H,1-5H3,(H,16,17). The number of aromatic carboxylic acids is 1. The fourth-order valence-electron chi connectivity index (χ4n) is 1.64. The van der Waals surface area contributed by atoms with Gasteiger partial charge in [-0.25, -0.2) is 17.5 Å². The van der Waals surface area contributed by atoms with E-state index >= 15 is 0 Å². The van der Waals surface area contributed by atoms with Crippen molar-refractivity contribution in [1.82, 2.24) is 4.31 Å². The van der Waals surface area contributed by atoms with Gasteiger partial charge in [-0.15, -0.1) is 0 Å². The summed E-state index contributed by atoms with van der Waals surface area (Å²) in [6.45, 7) is 3.85. The Morgan fingerprint density at radius 3 is 2.15 bits per heavy atom. The van der Waals surface area contributed by atoms with Crippen LogP contribution >= 0.6 is 0 Å². The van der Waals surface area contributed by atoms with Gasteiger partial charge < -0.3 is 10.0 Å². The molecule has 0 aliphatic carbocycles. The van der Waals surface area contributed by atoms with Crippen molar-refractivity contribution in [3.8, 4) is 0 Å². The zero-order chi connectivity index (χ0) is 15.7. The minimum Gasteiger partial charge on any atom is -0.478 e. The van der Waals surface area contributed by atoms with Crippen LogP contribution in [0.3, 0.4) is 0 Å². The van der Waals surface area contributed by atoms with Gasteiger partial charge in [0.1, 0.15) is 0 Å². The molecule has 0 saturated carbocycles. The van der Waals surface area contributed by atoms with Crippen molar-refractivity contribution in [3.05, 3.63) is 23.8 Å². The third kappa shape index (κ3) is 3.10. The Kier molecular flexibility index (Phi) is 4.77. The Morgan fingerprint density at radius 2 is 1.75 bits per heavy atom. The van der Waals surface area contributed by atoms with Crippen molar-refractivity contribution >= 4 is 21.7 Å². The summed E-state index contributed by atoms with van der Waals surface area (Å²) >= 11 is 0. The van der Waals surface area contributed by atoms with Gasteiger partial charge in [-0.3, -0.25) is 0 Å². The van der Waals surface area contributed by atoms with Gasteiger partial charge in [0.05, 0.1) is 16.1 Å². The second-order valence-corrected chi connectivity index (χ2v) is 7.13. The van der Waals surface area contributed by atoms with E-state index in [9.17, 15) is 18.3 Å². The number of hydrogen-bond acceptors (Lipinski definition) is 4. The molecule has 0 bridgehead atoms. The van der Waals surface area contributed by atoms with Crippen molar-refractivity contribution in [3.63, 3.8) is 0 Å². The first kappa shape index (κ1) is 16.5. The van der Waals surface area contributed by atoms with Crippen molar-refractivity contribution in [2.45, 2.75) is 24.8 Å². The number of nitrogens with zero attached hydrogens (tertiary/aromatic N) is 2. The first-order valence-electron chi connectivity index (χ1n) is 6.11. The van der Waals surface area contributed by atoms with E-state index < -0.39 is 16.0 Å². The second kappa shape index (κ2) is 5.80. The van der Waals surface area contributed by atoms with Crippen LogP contribution < -0.4 is 4.90 Å². The minimum atomic E-state index is -3.64. The van der Waals surface area contributed by atoms with Crippen LogP contribution in [0.4, 0.5) is 5.69 Å². The smallest absolute Gasteiger partial charge is 0.337 e. The highest BCUT2D eigenvalue weighted by Crippen LogP contribution is 2.25. The van der Waals surface area contributed by atoms with Gasteiger partial charge in [-0.1, -0.05) is 0 Å². The Hall–Kier alpha value is -1.60. The Labute approximate surface area is 119 Å². The van der Waals surface area contributed by atoms with Crippen LogP contribution in [-0.4, -0.2) is 51.0 Å². The zero-order valence-corrected chi connectivity index (χ0v) is 13.1. The number of sulfonamides is 1. The third-order valence-electron chi connectivity index (χ3n) is 3.13. The van der Waals surface area contributed by atoms with Crippen LogP contribution in [0.2, 0.25) is 0 Å². The van der Waals surface area contributed by atoms with Crippen LogP contribution in [0.5, 0.6) is 0 Å². The lowest BCUT2D eigenvalue weighted by molar-refractivity contribution is 0.0697. The highest BCUT2D eigenvalue weighted by Gasteiger charge is 2.22. The number of rotatable bonds is 5. The normalized spacial score (nSPS) is 11.9. The molecule has 0 saturated heterocycles. The number of anilines is 1. The van der Waals surface area contributed by atoms with Crippen LogP contribution in [0.15, 0.2) is 23.1 Å². The molecule has 1 N–H and O–H groups in total. The molecule has 1 aromatic carbocycles. The summed E-state index contributed by atoms with van der Waals surface area (Å²) in [6, 6.07) is 4.26. The second-order valence-electron chi connectivity index (χ2n) is 4.98. The van der Waals surface area contributed by atoms with Gasteiger partial charge in [0.25, 0.3) is 0 Å². The van der Waals surface area contributed by atoms with Gasteiger partial charge in [0.2, 0.25) is 10.0 Å². The summed E-state index contributed by atoms with van der Waals surface area (Å²) in [5.74, 6) is -1.15. The van der Waals surface area contributed by atoms with E-state index in [4.69, 9.17) is 0 Å². The van der Waals surface area contributed by atoms with Crippen molar-refractivity contribution in [1.29, 1.82) is 0 Å². The summed E-state index contributed by atoms with van der Waals surface area (Å²) in [6.07, 6.45) is 0. The summed E-state index contributed by atoms with van der Waals surface area (Å²) in [7, 11) is 0.940. The third-order valence-corrected chi connectivity index (χ3v) is 4.94. The molecule has 0 spiro atoms. The summed E-state index contributed by atoms with van der Waals surface area (Å²) < 4.78 is 25.1. The Bertz CT molecular complexity index is 609. The molecule has 6 nitrogen and oxygen atoms in total. The highest BCUT2D eigenvalue weighted by molar-refractivity contribution is 7.89. The van der Waals surface area contributed by atoms with E-state index in [-0.39, 0.29) is 16.5 Å². The molecule has 0 aliphatic heterocycles. The molecule has 0 radical (unpaired) electrons. The first-order valence-corrected chi connectivity index (χ1v) is 7.55. The molecular formula is C13H20N2O4S. The van der Waals surface area contributed by atoms with E-state index in [1.165, 1.54) is 32.3 Å². The Balaban J connectivity index is 3.46. The van der Waals surface area contributed by atoms with E-state index in [0.717, 1.165) is 4.31 Å². The molecule has 20 heavy (non-hydrogen) atoms. The molecule has 112 valence electrons. The predicted octanol–water partition coefficient (Wildman–Crippen LogP) is 1.48. The number of carbonyl (C=O) groups is 1. The first-order chi connectivity index (χ1) is 9.09. The van der Waals surface area contributed by atoms with Crippen LogP contribution in [0.1, 0.15) is 24.2 Å². The average Bonchev–Trinajstić information content (AvgIpc) is 2.36. The predicted molar refractivity (Wildman–Crippen MR) is 77.8 cm³/mol. The maximum absolute atomic E-state index is 12.0. The summed E-state index contributed by atoms with van der Waals surface area (Å²) in [5.41, 5.74) is 0.467. The van der Waals surface area contributed by atoms with E-state index in [0.29, 0.717) is 5.69 Å². The van der Waals surface area contributed by atoms with Crippen LogP contribution in [0, 0.1) is 0 Å². The average molecular weight is 300 g/mol. The molecule has 0 aromatic heterocycles. The largest absolute Gasteiger partial charge is 0.478 e. The maximum Gasteiger partial charge on any atom is 0.337 e. The lowest BCUT2D eigenvalue weighted by atomic mass is 10.1. The highest BCUT2D eigenvalue weighted by atomic mass is 32.2. The van der Waals surface area contributed by atoms with Gasteiger partial charge in [0.15, 0.2) is 0 Å². The molecule has 1 aromatic rings. The number of benzene rings is 1. The molecule has 0 aliphatic rings. The number of carboxylic acid groups (broad SMARTS) is 1. The monoisotopic (exact) mass is 300 g/mol. The topological polar surface area (TPSA) is 77.9 Å².